The Hall–Kier alpha value is -2.38. The number of aryl methyl sites for hydroxylation is 2. The molecule has 0 saturated heterocycles. The summed E-state index contributed by atoms with van der Waals surface area (Å²) in [7, 11) is 1.84. The molecule has 1 heterocycles. The average molecular weight is 413 g/mol. The summed E-state index contributed by atoms with van der Waals surface area (Å²) in [4.78, 5) is 14.3. The molecule has 1 aromatic heterocycles. The van der Waals surface area contributed by atoms with Gasteiger partial charge in [-0.1, -0.05) is 59.5 Å². The van der Waals surface area contributed by atoms with E-state index in [-0.39, 0.29) is 11.9 Å². The van der Waals surface area contributed by atoms with Crippen molar-refractivity contribution in [3.05, 3.63) is 65.2 Å². The number of nitrogens with zero attached hydrogens (tertiary/aromatic N) is 3. The monoisotopic (exact) mass is 412 g/mol. The highest BCUT2D eigenvalue weighted by atomic mass is 32.2. The Labute approximate surface area is 174 Å². The van der Waals surface area contributed by atoms with Gasteiger partial charge in [-0.3, -0.25) is 4.79 Å². The van der Waals surface area contributed by atoms with Crippen LogP contribution in [-0.4, -0.2) is 33.8 Å². The summed E-state index contributed by atoms with van der Waals surface area (Å²) >= 11 is 2.88. The zero-order chi connectivity index (χ0) is 20.1. The third-order valence-electron chi connectivity index (χ3n) is 4.74. The number of anilines is 2. The van der Waals surface area contributed by atoms with E-state index >= 15 is 0 Å². The van der Waals surface area contributed by atoms with Crippen molar-refractivity contribution in [3.63, 3.8) is 0 Å². The Morgan fingerprint density at radius 2 is 1.89 bits per heavy atom. The zero-order valence-electron chi connectivity index (χ0n) is 16.5. The van der Waals surface area contributed by atoms with Gasteiger partial charge in [0.1, 0.15) is 0 Å². The summed E-state index contributed by atoms with van der Waals surface area (Å²) in [6.45, 7) is 6.21. The van der Waals surface area contributed by atoms with Crippen molar-refractivity contribution in [2.75, 3.05) is 18.1 Å². The molecular weight excluding hydrogens is 388 g/mol. The first-order valence-corrected chi connectivity index (χ1v) is 10.9. The van der Waals surface area contributed by atoms with E-state index < -0.39 is 0 Å². The van der Waals surface area contributed by atoms with Crippen LogP contribution in [0.25, 0.3) is 0 Å². The molecule has 146 valence electrons. The number of hydrogen-bond donors (Lipinski definition) is 1. The highest BCUT2D eigenvalue weighted by Crippen LogP contribution is 2.29. The number of carbonyl (C=O) groups excluding carboxylic acids is 1. The number of amides is 1. The number of aromatic nitrogens is 2. The lowest BCUT2D eigenvalue weighted by atomic mass is 10.1. The summed E-state index contributed by atoms with van der Waals surface area (Å²) in [5.74, 6) is 0.409. The maximum absolute atomic E-state index is 12.5. The third kappa shape index (κ3) is 5.11. The molecule has 0 aliphatic rings. The lowest BCUT2D eigenvalue weighted by Gasteiger charge is -2.25. The fourth-order valence-electron chi connectivity index (χ4n) is 2.66. The molecule has 0 unspecified atom stereocenters. The fourth-order valence-corrected chi connectivity index (χ4v) is 4.35. The van der Waals surface area contributed by atoms with Gasteiger partial charge in [0.05, 0.1) is 11.8 Å². The van der Waals surface area contributed by atoms with Gasteiger partial charge < -0.3 is 10.2 Å². The van der Waals surface area contributed by atoms with Gasteiger partial charge in [0.2, 0.25) is 11.0 Å². The van der Waals surface area contributed by atoms with E-state index in [0.29, 0.717) is 5.75 Å². The van der Waals surface area contributed by atoms with Crippen LogP contribution in [0.2, 0.25) is 0 Å². The molecular formula is C21H24N4OS2. The van der Waals surface area contributed by atoms with Gasteiger partial charge in [-0.05, 0) is 49.6 Å². The number of nitrogens with one attached hydrogen (secondary N) is 1. The van der Waals surface area contributed by atoms with Crippen molar-refractivity contribution < 1.29 is 4.79 Å². The summed E-state index contributed by atoms with van der Waals surface area (Å²) < 4.78 is 0.778. The molecule has 3 aromatic rings. The molecule has 0 fully saturated rings. The van der Waals surface area contributed by atoms with Crippen LogP contribution >= 0.6 is 23.1 Å². The Morgan fingerprint density at radius 3 is 2.61 bits per heavy atom. The van der Waals surface area contributed by atoms with Crippen LogP contribution in [0.5, 0.6) is 0 Å². The molecule has 0 saturated carbocycles. The van der Waals surface area contributed by atoms with Gasteiger partial charge in [0, 0.05) is 12.7 Å². The first-order chi connectivity index (χ1) is 13.4. The molecule has 5 nitrogen and oxygen atoms in total. The summed E-state index contributed by atoms with van der Waals surface area (Å²) in [6, 6.07) is 16.3. The van der Waals surface area contributed by atoms with Crippen molar-refractivity contribution in [2.24, 2.45) is 0 Å². The van der Waals surface area contributed by atoms with Crippen LogP contribution in [0.1, 0.15) is 29.7 Å². The Bertz CT molecular complexity index is 943. The molecule has 0 spiro atoms. The number of hydrogen-bond acceptors (Lipinski definition) is 6. The standard InChI is InChI=1S/C21H24N4OS2/c1-14-10-11-18(12-15(14)2)22-20-23-24-21(28-20)27-13-19(26)25(4)16(3)17-8-6-5-7-9-17/h5-12,16H,13H2,1-4H3,(H,22,23)/t16-/m1/s1. The largest absolute Gasteiger partial charge is 0.338 e. The van der Waals surface area contributed by atoms with Crippen molar-refractivity contribution in [1.82, 2.24) is 15.1 Å². The first-order valence-electron chi connectivity index (χ1n) is 9.05. The topological polar surface area (TPSA) is 58.1 Å². The predicted molar refractivity (Wildman–Crippen MR) is 117 cm³/mol. The minimum Gasteiger partial charge on any atom is -0.338 e. The number of rotatable bonds is 7. The lowest BCUT2D eigenvalue weighted by molar-refractivity contribution is -0.128. The highest BCUT2D eigenvalue weighted by Gasteiger charge is 2.18. The Morgan fingerprint density at radius 1 is 1.14 bits per heavy atom. The van der Waals surface area contributed by atoms with Crippen LogP contribution in [0.15, 0.2) is 52.9 Å². The maximum atomic E-state index is 12.5. The minimum atomic E-state index is 0.0331. The molecule has 0 aliphatic carbocycles. The molecule has 3 rings (SSSR count). The van der Waals surface area contributed by atoms with Gasteiger partial charge in [0.25, 0.3) is 0 Å². The van der Waals surface area contributed by atoms with Gasteiger partial charge >= 0.3 is 0 Å². The van der Waals surface area contributed by atoms with Crippen molar-refractivity contribution >= 4 is 39.8 Å². The van der Waals surface area contributed by atoms with Gasteiger partial charge in [-0.25, -0.2) is 0 Å². The van der Waals surface area contributed by atoms with Crippen LogP contribution in [-0.2, 0) is 4.79 Å². The Kier molecular flexibility index (Phi) is 6.70. The van der Waals surface area contributed by atoms with Gasteiger partial charge in [-0.2, -0.15) is 0 Å². The maximum Gasteiger partial charge on any atom is 0.233 e. The highest BCUT2D eigenvalue weighted by molar-refractivity contribution is 8.01. The normalized spacial score (nSPS) is 11.9. The number of carbonyl (C=O) groups is 1. The number of benzene rings is 2. The van der Waals surface area contributed by atoms with E-state index in [0.717, 1.165) is 20.7 Å². The third-order valence-corrected chi connectivity index (χ3v) is 6.70. The second-order valence-electron chi connectivity index (χ2n) is 6.68. The first kappa shape index (κ1) is 20.4. The van der Waals surface area contributed by atoms with Gasteiger partial charge in [-0.15, -0.1) is 10.2 Å². The second kappa shape index (κ2) is 9.21. The average Bonchev–Trinajstić information content (AvgIpc) is 3.15. The smallest absolute Gasteiger partial charge is 0.233 e. The molecule has 0 bridgehead atoms. The van der Waals surface area contributed by atoms with Crippen LogP contribution in [0.4, 0.5) is 10.8 Å². The molecule has 7 heteroatoms. The van der Waals surface area contributed by atoms with Crippen molar-refractivity contribution in [1.29, 1.82) is 0 Å². The summed E-state index contributed by atoms with van der Waals surface area (Å²) in [5.41, 5.74) is 4.60. The molecule has 28 heavy (non-hydrogen) atoms. The number of thioether (sulfide) groups is 1. The molecule has 1 atom stereocenters. The van der Waals surface area contributed by atoms with E-state index in [1.54, 1.807) is 4.90 Å². The van der Waals surface area contributed by atoms with E-state index in [4.69, 9.17) is 0 Å². The van der Waals surface area contributed by atoms with E-state index in [2.05, 4.69) is 41.5 Å². The lowest BCUT2D eigenvalue weighted by Crippen LogP contribution is -2.31. The van der Waals surface area contributed by atoms with E-state index in [1.807, 2.05) is 50.4 Å². The van der Waals surface area contributed by atoms with E-state index in [9.17, 15) is 4.79 Å². The van der Waals surface area contributed by atoms with Crippen molar-refractivity contribution in [3.8, 4) is 0 Å². The molecule has 0 radical (unpaired) electrons. The van der Waals surface area contributed by atoms with Crippen molar-refractivity contribution in [2.45, 2.75) is 31.2 Å². The van der Waals surface area contributed by atoms with Crippen LogP contribution in [0, 0.1) is 13.8 Å². The molecule has 0 aliphatic heterocycles. The molecule has 1 amide bonds. The SMILES string of the molecule is Cc1ccc(Nc2nnc(SCC(=O)N(C)[C@H](C)c3ccccc3)s2)cc1C. The van der Waals surface area contributed by atoms with E-state index in [1.165, 1.54) is 34.2 Å². The summed E-state index contributed by atoms with van der Waals surface area (Å²) in [6.07, 6.45) is 0. The quantitative estimate of drug-likeness (QED) is 0.540. The second-order valence-corrected chi connectivity index (χ2v) is 8.88. The Balaban J connectivity index is 1.55. The molecule has 2 aromatic carbocycles. The fraction of sp³-hybridized carbons (Fsp3) is 0.286. The van der Waals surface area contributed by atoms with Crippen LogP contribution in [0.3, 0.4) is 0 Å². The predicted octanol–water partition coefficient (Wildman–Crippen LogP) is 5.21. The van der Waals surface area contributed by atoms with Crippen LogP contribution < -0.4 is 5.32 Å². The minimum absolute atomic E-state index is 0.0331. The zero-order valence-corrected chi connectivity index (χ0v) is 18.1. The summed E-state index contributed by atoms with van der Waals surface area (Å²) in [5, 5.41) is 12.4. The van der Waals surface area contributed by atoms with Gasteiger partial charge in [0.15, 0.2) is 4.34 Å². The molecule has 1 N–H and O–H groups in total.